The zero-order chi connectivity index (χ0) is 14.1. The van der Waals surface area contributed by atoms with E-state index in [9.17, 15) is 0 Å². The van der Waals surface area contributed by atoms with Crippen molar-refractivity contribution in [2.45, 2.75) is 58.9 Å². The Morgan fingerprint density at radius 2 is 1.79 bits per heavy atom. The van der Waals surface area contributed by atoms with Gasteiger partial charge >= 0.3 is 0 Å². The molecule has 1 aromatic carbocycles. The van der Waals surface area contributed by atoms with Crippen molar-refractivity contribution in [1.82, 2.24) is 5.32 Å². The third kappa shape index (κ3) is 7.84. The van der Waals surface area contributed by atoms with E-state index in [0.29, 0.717) is 0 Å². The number of rotatable bonds is 7. The largest absolute Gasteiger partial charge is 0.308 e. The SMILES string of the molecule is CCCCCC(=Cc1ccccc1)CNC(C)(C)C. The summed E-state index contributed by atoms with van der Waals surface area (Å²) < 4.78 is 0. The van der Waals surface area contributed by atoms with Gasteiger partial charge in [0.05, 0.1) is 0 Å². The number of hydrogen-bond acceptors (Lipinski definition) is 1. The van der Waals surface area contributed by atoms with Crippen LogP contribution in [0.4, 0.5) is 0 Å². The molecule has 0 unspecified atom stereocenters. The van der Waals surface area contributed by atoms with Crippen LogP contribution >= 0.6 is 0 Å². The van der Waals surface area contributed by atoms with Crippen molar-refractivity contribution in [3.8, 4) is 0 Å². The molecule has 1 N–H and O–H groups in total. The lowest BCUT2D eigenvalue weighted by molar-refractivity contribution is 0.441. The third-order valence-corrected chi connectivity index (χ3v) is 3.12. The Bertz CT molecular complexity index is 370. The summed E-state index contributed by atoms with van der Waals surface area (Å²) in [5.74, 6) is 0. The molecular weight excluding hydrogens is 230 g/mol. The maximum Gasteiger partial charge on any atom is 0.0172 e. The van der Waals surface area contributed by atoms with Gasteiger partial charge in [0, 0.05) is 12.1 Å². The van der Waals surface area contributed by atoms with Crippen molar-refractivity contribution in [2.75, 3.05) is 6.54 Å². The van der Waals surface area contributed by atoms with Crippen LogP contribution in [0, 0.1) is 0 Å². The van der Waals surface area contributed by atoms with Crippen molar-refractivity contribution < 1.29 is 0 Å². The molecule has 0 radical (unpaired) electrons. The Balaban J connectivity index is 2.65. The van der Waals surface area contributed by atoms with Gasteiger partial charge in [0.25, 0.3) is 0 Å². The molecule has 1 heteroatoms. The van der Waals surface area contributed by atoms with Crippen LogP contribution in [-0.2, 0) is 0 Å². The molecule has 0 heterocycles. The molecule has 0 aliphatic heterocycles. The van der Waals surface area contributed by atoms with Crippen LogP contribution in [0.15, 0.2) is 35.9 Å². The van der Waals surface area contributed by atoms with Crippen LogP contribution in [0.2, 0.25) is 0 Å². The molecule has 1 nitrogen and oxygen atoms in total. The highest BCUT2D eigenvalue weighted by Crippen LogP contribution is 2.14. The summed E-state index contributed by atoms with van der Waals surface area (Å²) in [4.78, 5) is 0. The Morgan fingerprint density at radius 3 is 2.37 bits per heavy atom. The maximum atomic E-state index is 3.60. The first kappa shape index (κ1) is 16.0. The van der Waals surface area contributed by atoms with Gasteiger partial charge in [-0.25, -0.2) is 0 Å². The van der Waals surface area contributed by atoms with Gasteiger partial charge in [-0.05, 0) is 39.2 Å². The summed E-state index contributed by atoms with van der Waals surface area (Å²) >= 11 is 0. The first-order valence-corrected chi connectivity index (χ1v) is 7.51. The van der Waals surface area contributed by atoms with Crippen molar-refractivity contribution >= 4 is 6.08 Å². The van der Waals surface area contributed by atoms with E-state index >= 15 is 0 Å². The minimum absolute atomic E-state index is 0.181. The fourth-order valence-electron chi connectivity index (χ4n) is 1.98. The van der Waals surface area contributed by atoms with Crippen molar-refractivity contribution in [3.63, 3.8) is 0 Å². The Hall–Kier alpha value is -1.08. The summed E-state index contributed by atoms with van der Waals surface area (Å²) in [6.45, 7) is 9.91. The van der Waals surface area contributed by atoms with E-state index in [0.717, 1.165) is 6.54 Å². The molecule has 0 aromatic heterocycles. The standard InChI is InChI=1S/C18H29N/c1-5-6-8-13-17(15-19-18(2,3)4)14-16-11-9-7-10-12-16/h7,9-12,14,19H,5-6,8,13,15H2,1-4H3. The van der Waals surface area contributed by atoms with Gasteiger partial charge in [0.1, 0.15) is 0 Å². The van der Waals surface area contributed by atoms with Crippen LogP contribution in [0.3, 0.4) is 0 Å². The van der Waals surface area contributed by atoms with E-state index in [1.165, 1.54) is 36.8 Å². The molecule has 0 bridgehead atoms. The van der Waals surface area contributed by atoms with E-state index in [1.807, 2.05) is 0 Å². The van der Waals surface area contributed by atoms with Crippen LogP contribution in [0.25, 0.3) is 6.08 Å². The molecule has 0 aliphatic rings. The summed E-state index contributed by atoms with van der Waals surface area (Å²) in [7, 11) is 0. The van der Waals surface area contributed by atoms with Gasteiger partial charge in [0.2, 0.25) is 0 Å². The fraction of sp³-hybridized carbons (Fsp3) is 0.556. The van der Waals surface area contributed by atoms with Crippen LogP contribution in [0.5, 0.6) is 0 Å². The highest BCUT2D eigenvalue weighted by Gasteiger charge is 2.09. The third-order valence-electron chi connectivity index (χ3n) is 3.12. The molecule has 0 aliphatic carbocycles. The zero-order valence-corrected chi connectivity index (χ0v) is 13.0. The number of benzene rings is 1. The van der Waals surface area contributed by atoms with E-state index in [2.05, 4.69) is 69.4 Å². The Morgan fingerprint density at radius 1 is 1.11 bits per heavy atom. The van der Waals surface area contributed by atoms with Gasteiger partial charge in [-0.1, -0.05) is 61.7 Å². The molecule has 1 rings (SSSR count). The first-order chi connectivity index (χ1) is 9.01. The van der Waals surface area contributed by atoms with Crippen molar-refractivity contribution in [3.05, 3.63) is 41.5 Å². The van der Waals surface area contributed by atoms with Gasteiger partial charge in [0.15, 0.2) is 0 Å². The lowest BCUT2D eigenvalue weighted by Gasteiger charge is -2.22. The first-order valence-electron chi connectivity index (χ1n) is 7.51. The molecule has 1 aromatic rings. The monoisotopic (exact) mass is 259 g/mol. The van der Waals surface area contributed by atoms with E-state index in [4.69, 9.17) is 0 Å². The predicted molar refractivity (Wildman–Crippen MR) is 86.3 cm³/mol. The summed E-state index contributed by atoms with van der Waals surface area (Å²) in [5.41, 5.74) is 3.00. The molecule has 19 heavy (non-hydrogen) atoms. The number of nitrogens with one attached hydrogen (secondary N) is 1. The summed E-state index contributed by atoms with van der Waals surface area (Å²) in [6.07, 6.45) is 7.44. The lowest BCUT2D eigenvalue weighted by Crippen LogP contribution is -2.37. The molecule has 0 fully saturated rings. The van der Waals surface area contributed by atoms with Crippen molar-refractivity contribution in [1.29, 1.82) is 0 Å². The molecule has 0 saturated heterocycles. The molecule has 0 atom stereocenters. The van der Waals surface area contributed by atoms with Crippen LogP contribution in [-0.4, -0.2) is 12.1 Å². The summed E-state index contributed by atoms with van der Waals surface area (Å²) in [5, 5.41) is 3.60. The van der Waals surface area contributed by atoms with E-state index in [1.54, 1.807) is 0 Å². The second-order valence-electron chi connectivity index (χ2n) is 6.27. The van der Waals surface area contributed by atoms with Crippen LogP contribution in [0.1, 0.15) is 58.9 Å². The molecule has 106 valence electrons. The fourth-order valence-corrected chi connectivity index (χ4v) is 1.98. The minimum Gasteiger partial charge on any atom is -0.308 e. The molecular formula is C18H29N. The smallest absolute Gasteiger partial charge is 0.0172 e. The summed E-state index contributed by atoms with van der Waals surface area (Å²) in [6, 6.07) is 10.6. The average Bonchev–Trinajstić information content (AvgIpc) is 2.36. The minimum atomic E-state index is 0.181. The Labute approximate surface area is 119 Å². The quantitative estimate of drug-likeness (QED) is 0.677. The maximum absolute atomic E-state index is 3.60. The molecule has 0 amide bonds. The van der Waals surface area contributed by atoms with E-state index in [-0.39, 0.29) is 5.54 Å². The number of hydrogen-bond donors (Lipinski definition) is 1. The average molecular weight is 259 g/mol. The predicted octanol–water partition coefficient (Wildman–Crippen LogP) is 5.04. The highest BCUT2D eigenvalue weighted by molar-refractivity contribution is 5.53. The Kier molecular flexibility index (Phi) is 6.86. The second-order valence-corrected chi connectivity index (χ2v) is 6.27. The van der Waals surface area contributed by atoms with Gasteiger partial charge in [-0.15, -0.1) is 0 Å². The van der Waals surface area contributed by atoms with E-state index < -0.39 is 0 Å². The normalized spacial score (nSPS) is 12.7. The van der Waals surface area contributed by atoms with Crippen LogP contribution < -0.4 is 5.32 Å². The number of unbranched alkanes of at least 4 members (excludes halogenated alkanes) is 2. The zero-order valence-electron chi connectivity index (χ0n) is 13.0. The highest BCUT2D eigenvalue weighted by atomic mass is 14.9. The van der Waals surface area contributed by atoms with Gasteiger partial charge in [-0.2, -0.15) is 0 Å². The lowest BCUT2D eigenvalue weighted by atomic mass is 10.0. The van der Waals surface area contributed by atoms with Gasteiger partial charge < -0.3 is 5.32 Å². The van der Waals surface area contributed by atoms with Gasteiger partial charge in [-0.3, -0.25) is 0 Å². The molecule has 0 spiro atoms. The topological polar surface area (TPSA) is 12.0 Å². The second kappa shape index (κ2) is 8.16. The molecule has 0 saturated carbocycles. The van der Waals surface area contributed by atoms with Crippen molar-refractivity contribution in [2.24, 2.45) is 0 Å².